The molecule has 1 fully saturated rings. The number of benzene rings is 2. The van der Waals surface area contributed by atoms with Gasteiger partial charge in [-0.15, -0.1) is 0 Å². The molecule has 31 heavy (non-hydrogen) atoms. The van der Waals surface area contributed by atoms with Crippen LogP contribution in [0, 0.1) is 0 Å². The summed E-state index contributed by atoms with van der Waals surface area (Å²) < 4.78 is 27.3. The van der Waals surface area contributed by atoms with E-state index in [-0.39, 0.29) is 18.2 Å². The first-order valence-corrected chi connectivity index (χ1v) is 12.1. The zero-order chi connectivity index (χ0) is 22.3. The van der Waals surface area contributed by atoms with E-state index in [0.717, 1.165) is 31.2 Å². The molecule has 2 N–H and O–H groups in total. The fourth-order valence-corrected chi connectivity index (χ4v) is 5.17. The predicted octanol–water partition coefficient (Wildman–Crippen LogP) is 3.18. The lowest BCUT2D eigenvalue weighted by atomic mass is 10.1. The van der Waals surface area contributed by atoms with Crippen molar-refractivity contribution in [3.05, 3.63) is 59.7 Å². The van der Waals surface area contributed by atoms with Gasteiger partial charge in [0.25, 0.3) is 5.91 Å². The lowest BCUT2D eigenvalue weighted by Gasteiger charge is -2.20. The highest BCUT2D eigenvalue weighted by molar-refractivity contribution is 7.89. The standard InChI is InChI=1S/C23H29N3O4S/c1-24-23(28)20-8-4-5-9-21(20)25-22(27)15-12-18-10-13-19(14-11-18)31(29,30)26-16-6-2-3-7-17-26/h4-5,8-11,13-14H,2-3,6-7,12,15-17H2,1H3,(H,24,28)(H,25,27). The van der Waals surface area contributed by atoms with E-state index in [4.69, 9.17) is 0 Å². The van der Waals surface area contributed by atoms with Gasteiger partial charge in [-0.2, -0.15) is 4.31 Å². The summed E-state index contributed by atoms with van der Waals surface area (Å²) in [7, 11) is -1.93. The van der Waals surface area contributed by atoms with Gasteiger partial charge in [-0.05, 0) is 49.1 Å². The summed E-state index contributed by atoms with van der Waals surface area (Å²) in [5, 5.41) is 5.33. The molecule has 0 aliphatic carbocycles. The predicted molar refractivity (Wildman–Crippen MR) is 120 cm³/mol. The van der Waals surface area contributed by atoms with Gasteiger partial charge < -0.3 is 10.6 Å². The monoisotopic (exact) mass is 443 g/mol. The molecule has 0 atom stereocenters. The molecule has 0 radical (unpaired) electrons. The highest BCUT2D eigenvalue weighted by Gasteiger charge is 2.24. The molecule has 1 heterocycles. The van der Waals surface area contributed by atoms with Crippen LogP contribution in [-0.2, 0) is 21.2 Å². The molecule has 1 saturated heterocycles. The van der Waals surface area contributed by atoms with E-state index >= 15 is 0 Å². The lowest BCUT2D eigenvalue weighted by molar-refractivity contribution is -0.116. The van der Waals surface area contributed by atoms with Crippen molar-refractivity contribution >= 4 is 27.5 Å². The van der Waals surface area contributed by atoms with Crippen molar-refractivity contribution in [1.29, 1.82) is 0 Å². The van der Waals surface area contributed by atoms with Gasteiger partial charge in [-0.25, -0.2) is 8.42 Å². The van der Waals surface area contributed by atoms with E-state index in [1.807, 2.05) is 0 Å². The Balaban J connectivity index is 1.59. The number of rotatable bonds is 7. The van der Waals surface area contributed by atoms with Gasteiger partial charge in [0.1, 0.15) is 0 Å². The largest absolute Gasteiger partial charge is 0.355 e. The number of aryl methyl sites for hydroxylation is 1. The number of hydrogen-bond donors (Lipinski definition) is 2. The van der Waals surface area contributed by atoms with E-state index in [2.05, 4.69) is 10.6 Å². The Morgan fingerprint density at radius 3 is 2.23 bits per heavy atom. The number of anilines is 1. The van der Waals surface area contributed by atoms with Crippen molar-refractivity contribution in [1.82, 2.24) is 9.62 Å². The number of amides is 2. The number of carbonyl (C=O) groups is 2. The molecule has 7 nitrogen and oxygen atoms in total. The topological polar surface area (TPSA) is 95.6 Å². The molecule has 1 aliphatic rings. The third kappa shape index (κ3) is 5.92. The Morgan fingerprint density at radius 1 is 0.935 bits per heavy atom. The smallest absolute Gasteiger partial charge is 0.253 e. The highest BCUT2D eigenvalue weighted by Crippen LogP contribution is 2.21. The van der Waals surface area contributed by atoms with Crippen molar-refractivity contribution in [2.24, 2.45) is 0 Å². The third-order valence-corrected chi connectivity index (χ3v) is 7.35. The molecule has 0 spiro atoms. The minimum atomic E-state index is -3.47. The van der Waals surface area contributed by atoms with E-state index in [0.29, 0.717) is 35.7 Å². The maximum absolute atomic E-state index is 12.9. The van der Waals surface area contributed by atoms with E-state index in [1.165, 1.54) is 7.05 Å². The van der Waals surface area contributed by atoms with Crippen LogP contribution in [0.1, 0.15) is 48.0 Å². The summed E-state index contributed by atoms with van der Waals surface area (Å²) in [4.78, 5) is 24.6. The van der Waals surface area contributed by atoms with Gasteiger partial charge in [0, 0.05) is 26.6 Å². The summed E-state index contributed by atoms with van der Waals surface area (Å²) in [6.45, 7) is 1.14. The van der Waals surface area contributed by atoms with Crippen molar-refractivity contribution in [2.75, 3.05) is 25.5 Å². The van der Waals surface area contributed by atoms with Crippen molar-refractivity contribution in [2.45, 2.75) is 43.4 Å². The van der Waals surface area contributed by atoms with Crippen LogP contribution in [0.25, 0.3) is 0 Å². The second kappa shape index (κ2) is 10.5. The molecule has 2 aromatic rings. The fraction of sp³-hybridized carbons (Fsp3) is 0.391. The normalized spacial score (nSPS) is 15.1. The molecule has 2 aromatic carbocycles. The first kappa shape index (κ1) is 23.0. The number of hydrogen-bond acceptors (Lipinski definition) is 4. The summed E-state index contributed by atoms with van der Waals surface area (Å²) in [5.74, 6) is -0.477. The molecular formula is C23H29N3O4S. The van der Waals surface area contributed by atoms with E-state index < -0.39 is 10.0 Å². The molecular weight excluding hydrogens is 414 g/mol. The van der Waals surface area contributed by atoms with Crippen molar-refractivity contribution in [3.63, 3.8) is 0 Å². The Labute approximate surface area is 183 Å². The number of nitrogens with zero attached hydrogens (tertiary/aromatic N) is 1. The highest BCUT2D eigenvalue weighted by atomic mass is 32.2. The fourth-order valence-electron chi connectivity index (χ4n) is 3.65. The second-order valence-electron chi connectivity index (χ2n) is 7.64. The maximum Gasteiger partial charge on any atom is 0.253 e. The van der Waals surface area contributed by atoms with Crippen LogP contribution >= 0.6 is 0 Å². The molecule has 3 rings (SSSR count). The molecule has 0 bridgehead atoms. The molecule has 8 heteroatoms. The van der Waals surface area contributed by atoms with E-state index in [9.17, 15) is 18.0 Å². The number of nitrogens with one attached hydrogen (secondary N) is 2. The van der Waals surface area contributed by atoms with Gasteiger partial charge in [-0.1, -0.05) is 37.1 Å². The Kier molecular flexibility index (Phi) is 7.81. The van der Waals surface area contributed by atoms with Crippen LogP contribution in [0.3, 0.4) is 0 Å². The minimum Gasteiger partial charge on any atom is -0.355 e. The number of para-hydroxylation sites is 1. The van der Waals surface area contributed by atoms with Gasteiger partial charge >= 0.3 is 0 Å². The Hall–Kier alpha value is -2.71. The quantitative estimate of drug-likeness (QED) is 0.687. The van der Waals surface area contributed by atoms with Crippen LogP contribution in [0.4, 0.5) is 5.69 Å². The average molecular weight is 444 g/mol. The van der Waals surface area contributed by atoms with Crippen LogP contribution < -0.4 is 10.6 Å². The van der Waals surface area contributed by atoms with Crippen LogP contribution in [0.15, 0.2) is 53.4 Å². The van der Waals surface area contributed by atoms with Crippen molar-refractivity contribution in [3.8, 4) is 0 Å². The zero-order valence-electron chi connectivity index (χ0n) is 17.8. The zero-order valence-corrected chi connectivity index (χ0v) is 18.6. The number of carbonyl (C=O) groups excluding carboxylic acids is 2. The summed E-state index contributed by atoms with van der Waals surface area (Å²) in [5.41, 5.74) is 1.75. The first-order valence-electron chi connectivity index (χ1n) is 10.6. The third-order valence-electron chi connectivity index (χ3n) is 5.44. The Bertz CT molecular complexity index is 1010. The average Bonchev–Trinajstić information content (AvgIpc) is 3.08. The lowest BCUT2D eigenvalue weighted by Crippen LogP contribution is -2.31. The second-order valence-corrected chi connectivity index (χ2v) is 9.57. The van der Waals surface area contributed by atoms with Crippen LogP contribution in [0.5, 0.6) is 0 Å². The molecule has 0 unspecified atom stereocenters. The SMILES string of the molecule is CNC(=O)c1ccccc1NC(=O)CCc1ccc(S(=O)(=O)N2CCCCCC2)cc1. The molecule has 0 aromatic heterocycles. The minimum absolute atomic E-state index is 0.211. The molecule has 166 valence electrons. The molecule has 1 aliphatic heterocycles. The summed E-state index contributed by atoms with van der Waals surface area (Å²) in [6.07, 6.45) is 4.63. The van der Waals surface area contributed by atoms with Crippen molar-refractivity contribution < 1.29 is 18.0 Å². The number of sulfonamides is 1. The van der Waals surface area contributed by atoms with Crippen LogP contribution in [0.2, 0.25) is 0 Å². The Morgan fingerprint density at radius 2 is 1.58 bits per heavy atom. The molecule has 2 amide bonds. The summed E-state index contributed by atoms with van der Waals surface area (Å²) in [6, 6.07) is 13.6. The van der Waals surface area contributed by atoms with Gasteiger partial charge in [0.05, 0.1) is 16.1 Å². The van der Waals surface area contributed by atoms with E-state index in [1.54, 1.807) is 52.8 Å². The summed E-state index contributed by atoms with van der Waals surface area (Å²) >= 11 is 0. The molecule has 0 saturated carbocycles. The van der Waals surface area contributed by atoms with Gasteiger partial charge in [0.15, 0.2) is 0 Å². The maximum atomic E-state index is 12.9. The van der Waals surface area contributed by atoms with Gasteiger partial charge in [-0.3, -0.25) is 9.59 Å². The van der Waals surface area contributed by atoms with Gasteiger partial charge in [0.2, 0.25) is 15.9 Å². The van der Waals surface area contributed by atoms with Crippen LogP contribution in [-0.4, -0.2) is 44.7 Å². The first-order chi connectivity index (χ1) is 14.9.